The summed E-state index contributed by atoms with van der Waals surface area (Å²) in [6, 6.07) is 7.71. The summed E-state index contributed by atoms with van der Waals surface area (Å²) in [6.07, 6.45) is 10.7. The van der Waals surface area contributed by atoms with Gasteiger partial charge in [0, 0.05) is 10.7 Å². The molecule has 1 aromatic rings. The lowest BCUT2D eigenvalue weighted by Gasteiger charge is -2.37. The van der Waals surface area contributed by atoms with Gasteiger partial charge in [-0.05, 0) is 64.3 Å². The average Bonchev–Trinajstić information content (AvgIpc) is 2.66. The van der Waals surface area contributed by atoms with E-state index in [4.69, 9.17) is 4.43 Å². The van der Waals surface area contributed by atoms with Gasteiger partial charge in [-0.15, -0.1) is 0 Å². The van der Waals surface area contributed by atoms with Crippen molar-refractivity contribution in [1.82, 2.24) is 4.90 Å². The molecule has 160 valence electrons. The first-order valence-electron chi connectivity index (χ1n) is 10.7. The van der Waals surface area contributed by atoms with Crippen LogP contribution in [0.5, 0.6) is 0 Å². The Kier molecular flexibility index (Phi) is 8.50. The molecule has 0 fully saturated rings. The molecule has 29 heavy (non-hydrogen) atoms. The van der Waals surface area contributed by atoms with Crippen LogP contribution in [-0.2, 0) is 4.43 Å². The molecule has 0 spiro atoms. The Labute approximate surface area is 186 Å². The van der Waals surface area contributed by atoms with Gasteiger partial charge in [-0.25, -0.2) is 0 Å². The lowest BCUT2D eigenvalue weighted by molar-refractivity contribution is 0.0782. The summed E-state index contributed by atoms with van der Waals surface area (Å²) in [5.41, 5.74) is 1.87. The van der Waals surface area contributed by atoms with Crippen molar-refractivity contribution in [2.45, 2.75) is 77.6 Å². The summed E-state index contributed by atoms with van der Waals surface area (Å²) in [4.78, 5) is 15.1. The topological polar surface area (TPSA) is 29.5 Å². The van der Waals surface area contributed by atoms with Crippen LogP contribution in [0.2, 0.25) is 18.1 Å². The Hall–Kier alpha value is -1.17. The molecule has 5 heteroatoms. The maximum absolute atomic E-state index is 13.2. The number of carbonyl (C=O) groups excluding carboxylic acids is 1. The molecular formula is C24H36BrNO2Si. The second-order valence-corrected chi connectivity index (χ2v) is 15.0. The number of rotatable bonds is 8. The van der Waals surface area contributed by atoms with Gasteiger partial charge in [0.1, 0.15) is 0 Å². The fourth-order valence-electron chi connectivity index (χ4n) is 3.06. The summed E-state index contributed by atoms with van der Waals surface area (Å²) in [5, 5.41) is 0.189. The third kappa shape index (κ3) is 6.40. The van der Waals surface area contributed by atoms with Crippen LogP contribution in [0, 0.1) is 0 Å². The smallest absolute Gasteiger partial charge is 0.259 e. The lowest BCUT2D eigenvalue weighted by Crippen LogP contribution is -2.42. The van der Waals surface area contributed by atoms with E-state index in [0.29, 0.717) is 12.2 Å². The number of halogens is 1. The van der Waals surface area contributed by atoms with Crippen molar-refractivity contribution in [3.05, 3.63) is 58.2 Å². The van der Waals surface area contributed by atoms with Crippen molar-refractivity contribution in [2.24, 2.45) is 0 Å². The SMILES string of the molecule is CCCCCC1C=C(CO[Si](C)(C)C(C)(C)C)C=CN1C(=O)c1ccccc1Br. The Bertz CT molecular complexity index is 764. The van der Waals surface area contributed by atoms with Crippen molar-refractivity contribution in [3.63, 3.8) is 0 Å². The van der Waals surface area contributed by atoms with Crippen molar-refractivity contribution >= 4 is 30.2 Å². The van der Waals surface area contributed by atoms with E-state index in [0.717, 1.165) is 17.3 Å². The second kappa shape index (κ2) is 10.2. The molecule has 0 saturated carbocycles. The number of hydrogen-bond acceptors (Lipinski definition) is 2. The van der Waals surface area contributed by atoms with E-state index in [-0.39, 0.29) is 17.0 Å². The zero-order valence-corrected chi connectivity index (χ0v) is 21.4. The van der Waals surface area contributed by atoms with E-state index < -0.39 is 8.32 Å². The number of nitrogens with zero attached hydrogens (tertiary/aromatic N) is 1. The molecular weight excluding hydrogens is 442 g/mol. The third-order valence-electron chi connectivity index (χ3n) is 6.06. The molecule has 0 bridgehead atoms. The summed E-state index contributed by atoms with van der Waals surface area (Å²) in [7, 11) is -1.80. The van der Waals surface area contributed by atoms with Crippen LogP contribution >= 0.6 is 15.9 Å². The van der Waals surface area contributed by atoms with Crippen LogP contribution in [0.4, 0.5) is 0 Å². The fraction of sp³-hybridized carbons (Fsp3) is 0.542. The molecule has 1 atom stereocenters. The van der Waals surface area contributed by atoms with E-state index in [1.54, 1.807) is 0 Å². The van der Waals surface area contributed by atoms with Gasteiger partial charge in [-0.1, -0.05) is 65.2 Å². The van der Waals surface area contributed by atoms with Gasteiger partial charge in [-0.3, -0.25) is 4.79 Å². The van der Waals surface area contributed by atoms with Crippen LogP contribution in [0.25, 0.3) is 0 Å². The maximum Gasteiger partial charge on any atom is 0.259 e. The average molecular weight is 479 g/mol. The molecule has 1 amide bonds. The third-order valence-corrected chi connectivity index (χ3v) is 11.2. The van der Waals surface area contributed by atoms with Gasteiger partial charge in [0.15, 0.2) is 8.32 Å². The normalized spacial score (nSPS) is 17.4. The summed E-state index contributed by atoms with van der Waals surface area (Å²) >= 11 is 3.52. The van der Waals surface area contributed by atoms with Crippen molar-refractivity contribution in [2.75, 3.05) is 6.61 Å². The van der Waals surface area contributed by atoms with Gasteiger partial charge >= 0.3 is 0 Å². The molecule has 1 aromatic carbocycles. The zero-order valence-electron chi connectivity index (χ0n) is 18.8. The standard InChI is InChI=1S/C24H36BrNO2Si/c1-7-8-9-12-20-17-19(18-28-29(5,6)24(2,3)4)15-16-26(20)23(27)21-13-10-11-14-22(21)25/h10-11,13-17,20H,7-9,12,18H2,1-6H3. The predicted octanol–water partition coefficient (Wildman–Crippen LogP) is 7.32. The van der Waals surface area contributed by atoms with Crippen LogP contribution in [0.1, 0.15) is 63.7 Å². The van der Waals surface area contributed by atoms with E-state index in [9.17, 15) is 4.79 Å². The highest BCUT2D eigenvalue weighted by molar-refractivity contribution is 9.10. The summed E-state index contributed by atoms with van der Waals surface area (Å²) < 4.78 is 7.25. The van der Waals surface area contributed by atoms with Gasteiger partial charge in [-0.2, -0.15) is 0 Å². The van der Waals surface area contributed by atoms with Gasteiger partial charge in [0.2, 0.25) is 0 Å². The number of unbranched alkanes of at least 4 members (excludes halogenated alkanes) is 2. The minimum absolute atomic E-state index is 0.0378. The van der Waals surface area contributed by atoms with Crippen LogP contribution < -0.4 is 0 Å². The van der Waals surface area contributed by atoms with Crippen LogP contribution in [-0.4, -0.2) is 31.8 Å². The first-order valence-corrected chi connectivity index (χ1v) is 14.4. The largest absolute Gasteiger partial charge is 0.413 e. The highest BCUT2D eigenvalue weighted by Crippen LogP contribution is 2.37. The number of amides is 1. The van der Waals surface area contributed by atoms with E-state index in [1.165, 1.54) is 18.4 Å². The highest BCUT2D eigenvalue weighted by atomic mass is 79.9. The van der Waals surface area contributed by atoms with Gasteiger partial charge < -0.3 is 9.33 Å². The minimum atomic E-state index is -1.80. The highest BCUT2D eigenvalue weighted by Gasteiger charge is 2.37. The number of benzene rings is 1. The van der Waals surface area contributed by atoms with Crippen molar-refractivity contribution in [1.29, 1.82) is 0 Å². The molecule has 0 N–H and O–H groups in total. The molecule has 1 heterocycles. The molecule has 1 aliphatic rings. The Balaban J connectivity index is 2.18. The Morgan fingerprint density at radius 1 is 1.21 bits per heavy atom. The molecule has 0 saturated heterocycles. The van der Waals surface area contributed by atoms with Crippen LogP contribution in [0.15, 0.2) is 52.7 Å². The van der Waals surface area contributed by atoms with Crippen molar-refractivity contribution in [3.8, 4) is 0 Å². The predicted molar refractivity (Wildman–Crippen MR) is 129 cm³/mol. The zero-order chi connectivity index (χ0) is 21.7. The van der Waals surface area contributed by atoms with Crippen LogP contribution in [0.3, 0.4) is 0 Å². The van der Waals surface area contributed by atoms with E-state index >= 15 is 0 Å². The molecule has 0 aliphatic carbocycles. The maximum atomic E-state index is 13.2. The first-order chi connectivity index (χ1) is 13.6. The summed E-state index contributed by atoms with van der Waals surface area (Å²) in [5.74, 6) is 0.0378. The molecule has 1 unspecified atom stereocenters. The van der Waals surface area contributed by atoms with Gasteiger partial charge in [0.05, 0.1) is 18.2 Å². The molecule has 1 aliphatic heterocycles. The molecule has 0 aromatic heterocycles. The molecule has 2 rings (SSSR count). The fourth-order valence-corrected chi connectivity index (χ4v) is 4.48. The van der Waals surface area contributed by atoms with E-state index in [2.05, 4.69) is 62.8 Å². The molecule has 3 nitrogen and oxygen atoms in total. The Morgan fingerprint density at radius 3 is 2.52 bits per heavy atom. The Morgan fingerprint density at radius 2 is 1.90 bits per heavy atom. The number of carbonyl (C=O) groups is 1. The number of hydrogen-bond donors (Lipinski definition) is 0. The second-order valence-electron chi connectivity index (χ2n) is 9.36. The van der Waals surface area contributed by atoms with E-state index in [1.807, 2.05) is 41.4 Å². The van der Waals surface area contributed by atoms with Gasteiger partial charge in [0.25, 0.3) is 5.91 Å². The minimum Gasteiger partial charge on any atom is -0.413 e. The first kappa shape index (κ1) is 24.1. The quantitative estimate of drug-likeness (QED) is 0.289. The summed E-state index contributed by atoms with van der Waals surface area (Å²) in [6.45, 7) is 14.2. The molecule has 0 radical (unpaired) electrons. The lowest BCUT2D eigenvalue weighted by atomic mass is 10.0. The monoisotopic (exact) mass is 477 g/mol. The van der Waals surface area contributed by atoms with Crippen molar-refractivity contribution < 1.29 is 9.22 Å².